The number of anilines is 1. The maximum absolute atomic E-state index is 14.2. The van der Waals surface area contributed by atoms with Crippen molar-refractivity contribution in [3.63, 3.8) is 0 Å². The van der Waals surface area contributed by atoms with Crippen LogP contribution < -0.4 is 10.1 Å². The van der Waals surface area contributed by atoms with Crippen LogP contribution in [0.4, 0.5) is 14.6 Å². The number of nitrogens with zero attached hydrogens (tertiary/aromatic N) is 4. The molecule has 8 heteroatoms. The van der Waals surface area contributed by atoms with Gasteiger partial charge in [0.15, 0.2) is 5.65 Å². The Morgan fingerprint density at radius 3 is 2.79 bits per heavy atom. The highest BCUT2D eigenvalue weighted by molar-refractivity contribution is 5.80. The molecule has 3 heterocycles. The fourth-order valence-corrected chi connectivity index (χ4v) is 3.12. The van der Waals surface area contributed by atoms with Crippen molar-refractivity contribution >= 4 is 11.5 Å². The Morgan fingerprint density at radius 1 is 1.14 bits per heavy atom. The second-order valence-corrected chi connectivity index (χ2v) is 6.27. The molecule has 1 aromatic carbocycles. The number of benzene rings is 1. The summed E-state index contributed by atoms with van der Waals surface area (Å²) in [6.07, 6.45) is 5.09. The lowest BCUT2D eigenvalue weighted by Gasteiger charge is -2.14. The van der Waals surface area contributed by atoms with Crippen LogP contribution in [-0.2, 0) is 6.54 Å². The molecular weight excluding hydrogens is 364 g/mol. The first-order valence-corrected chi connectivity index (χ1v) is 8.58. The summed E-state index contributed by atoms with van der Waals surface area (Å²) in [6, 6.07) is 7.68. The third-order valence-electron chi connectivity index (χ3n) is 4.57. The Hall–Kier alpha value is -3.55. The quantitative estimate of drug-likeness (QED) is 0.566. The Balaban J connectivity index is 1.70. The van der Waals surface area contributed by atoms with Crippen LogP contribution in [0.15, 0.2) is 49.1 Å². The standard InChI is InChI=1S/C20H17F2N5O/c1-12-5-6-23-9-15(12)14-3-4-19(27-11-25-26-20(14)27)24-10-16-17(22)7-13(21)8-18(16)28-2/h3-9,11,24H,10H2,1-2H3. The van der Waals surface area contributed by atoms with Crippen LogP contribution in [0.3, 0.4) is 0 Å². The first-order valence-electron chi connectivity index (χ1n) is 8.58. The minimum atomic E-state index is -0.685. The van der Waals surface area contributed by atoms with Crippen LogP contribution in [0.2, 0.25) is 0 Å². The van der Waals surface area contributed by atoms with Gasteiger partial charge in [-0.25, -0.2) is 8.78 Å². The number of aryl methyl sites for hydroxylation is 1. The number of nitrogens with one attached hydrogen (secondary N) is 1. The van der Waals surface area contributed by atoms with E-state index < -0.39 is 11.6 Å². The molecule has 1 N–H and O–H groups in total. The number of halogens is 2. The minimum Gasteiger partial charge on any atom is -0.496 e. The monoisotopic (exact) mass is 381 g/mol. The van der Waals surface area contributed by atoms with Gasteiger partial charge < -0.3 is 10.1 Å². The molecule has 0 aliphatic carbocycles. The Bertz CT molecular complexity index is 1160. The lowest BCUT2D eigenvalue weighted by atomic mass is 10.0. The first-order chi connectivity index (χ1) is 13.6. The molecule has 142 valence electrons. The SMILES string of the molecule is COc1cc(F)cc(F)c1CNc1ccc(-c2cnccc2C)c2nncn12. The summed E-state index contributed by atoms with van der Waals surface area (Å²) in [5, 5.41) is 11.4. The molecule has 28 heavy (non-hydrogen) atoms. The lowest BCUT2D eigenvalue weighted by Crippen LogP contribution is -2.08. The minimum absolute atomic E-state index is 0.105. The predicted molar refractivity (Wildman–Crippen MR) is 101 cm³/mol. The molecule has 0 spiro atoms. The molecule has 0 bridgehead atoms. The molecule has 0 radical (unpaired) electrons. The molecule has 6 nitrogen and oxygen atoms in total. The highest BCUT2D eigenvalue weighted by Gasteiger charge is 2.15. The number of aromatic nitrogens is 4. The van der Waals surface area contributed by atoms with E-state index in [2.05, 4.69) is 20.5 Å². The second-order valence-electron chi connectivity index (χ2n) is 6.27. The van der Waals surface area contributed by atoms with Gasteiger partial charge in [0.25, 0.3) is 0 Å². The number of methoxy groups -OCH3 is 1. The largest absolute Gasteiger partial charge is 0.496 e. The molecule has 0 aliphatic heterocycles. The highest BCUT2D eigenvalue weighted by Crippen LogP contribution is 2.29. The van der Waals surface area contributed by atoms with Gasteiger partial charge in [-0.3, -0.25) is 9.38 Å². The fourth-order valence-electron chi connectivity index (χ4n) is 3.12. The molecule has 3 aromatic heterocycles. The normalized spacial score (nSPS) is 11.0. The van der Waals surface area contributed by atoms with E-state index in [1.165, 1.54) is 7.11 Å². The van der Waals surface area contributed by atoms with Gasteiger partial charge in [0.2, 0.25) is 0 Å². The fraction of sp³-hybridized carbons (Fsp3) is 0.150. The summed E-state index contributed by atoms with van der Waals surface area (Å²) in [5.74, 6) is -0.550. The average Bonchev–Trinajstić information content (AvgIpc) is 3.17. The summed E-state index contributed by atoms with van der Waals surface area (Å²) in [6.45, 7) is 2.10. The number of hydrogen-bond acceptors (Lipinski definition) is 5. The molecule has 4 rings (SSSR count). The molecular formula is C20H17F2N5O. The molecule has 4 aromatic rings. The third kappa shape index (κ3) is 3.13. The zero-order valence-electron chi connectivity index (χ0n) is 15.3. The van der Waals surface area contributed by atoms with Gasteiger partial charge in [-0.2, -0.15) is 0 Å². The van der Waals surface area contributed by atoms with Crippen LogP contribution >= 0.6 is 0 Å². The maximum Gasteiger partial charge on any atom is 0.170 e. The summed E-state index contributed by atoms with van der Waals surface area (Å²) in [5.41, 5.74) is 3.79. The van der Waals surface area contributed by atoms with Gasteiger partial charge >= 0.3 is 0 Å². The van der Waals surface area contributed by atoms with E-state index in [4.69, 9.17) is 4.74 Å². The van der Waals surface area contributed by atoms with E-state index in [1.807, 2.05) is 25.1 Å². The summed E-state index contributed by atoms with van der Waals surface area (Å²) < 4.78 is 34.5. The molecule has 0 aliphatic rings. The zero-order chi connectivity index (χ0) is 19.7. The number of rotatable bonds is 5. The summed E-state index contributed by atoms with van der Waals surface area (Å²) in [7, 11) is 1.38. The van der Waals surface area contributed by atoms with Gasteiger partial charge in [-0.15, -0.1) is 10.2 Å². The van der Waals surface area contributed by atoms with Crippen molar-refractivity contribution in [2.75, 3.05) is 12.4 Å². The van der Waals surface area contributed by atoms with Crippen molar-refractivity contribution in [2.24, 2.45) is 0 Å². The van der Waals surface area contributed by atoms with Crippen molar-refractivity contribution in [1.82, 2.24) is 19.6 Å². The van der Waals surface area contributed by atoms with Crippen molar-refractivity contribution in [3.8, 4) is 16.9 Å². The maximum atomic E-state index is 14.2. The molecule has 0 saturated heterocycles. The van der Waals surface area contributed by atoms with Crippen molar-refractivity contribution in [2.45, 2.75) is 13.5 Å². The van der Waals surface area contributed by atoms with E-state index >= 15 is 0 Å². The van der Waals surface area contributed by atoms with E-state index in [1.54, 1.807) is 23.1 Å². The van der Waals surface area contributed by atoms with Gasteiger partial charge in [0.05, 0.1) is 7.11 Å². The van der Waals surface area contributed by atoms with Crippen LogP contribution in [-0.4, -0.2) is 26.7 Å². The number of pyridine rings is 2. The van der Waals surface area contributed by atoms with Crippen LogP contribution in [0.5, 0.6) is 5.75 Å². The molecule has 0 atom stereocenters. The van der Waals surface area contributed by atoms with Crippen molar-refractivity contribution in [1.29, 1.82) is 0 Å². The smallest absolute Gasteiger partial charge is 0.170 e. The summed E-state index contributed by atoms with van der Waals surface area (Å²) >= 11 is 0. The first kappa shape index (κ1) is 17.8. The van der Waals surface area contributed by atoms with E-state index in [-0.39, 0.29) is 17.9 Å². The summed E-state index contributed by atoms with van der Waals surface area (Å²) in [4.78, 5) is 4.19. The van der Waals surface area contributed by atoms with E-state index in [9.17, 15) is 8.78 Å². The molecule has 0 unspecified atom stereocenters. The van der Waals surface area contributed by atoms with Gasteiger partial charge in [-0.1, -0.05) is 0 Å². The van der Waals surface area contributed by atoms with E-state index in [0.29, 0.717) is 11.5 Å². The average molecular weight is 381 g/mol. The molecule has 0 saturated carbocycles. The number of ether oxygens (including phenoxy) is 1. The Kier molecular flexibility index (Phi) is 4.60. The van der Waals surface area contributed by atoms with Crippen LogP contribution in [0.25, 0.3) is 16.8 Å². The van der Waals surface area contributed by atoms with Crippen molar-refractivity contribution in [3.05, 3.63) is 71.8 Å². The van der Waals surface area contributed by atoms with Crippen LogP contribution in [0.1, 0.15) is 11.1 Å². The second kappa shape index (κ2) is 7.22. The zero-order valence-corrected chi connectivity index (χ0v) is 15.3. The molecule has 0 fully saturated rings. The number of fused-ring (bicyclic) bond motifs is 1. The van der Waals surface area contributed by atoms with Gasteiger partial charge in [-0.05, 0) is 30.7 Å². The van der Waals surface area contributed by atoms with Gasteiger partial charge in [0, 0.05) is 47.8 Å². The van der Waals surface area contributed by atoms with Crippen molar-refractivity contribution < 1.29 is 13.5 Å². The Labute approximate surface area is 159 Å². The number of hydrogen-bond donors (Lipinski definition) is 1. The van der Waals surface area contributed by atoms with Gasteiger partial charge in [0.1, 0.15) is 29.5 Å². The highest BCUT2D eigenvalue weighted by atomic mass is 19.1. The third-order valence-corrected chi connectivity index (χ3v) is 4.57. The van der Waals surface area contributed by atoms with Crippen LogP contribution in [0, 0.1) is 18.6 Å². The lowest BCUT2D eigenvalue weighted by molar-refractivity contribution is 0.400. The van der Waals surface area contributed by atoms with E-state index in [0.717, 1.165) is 28.8 Å². The molecule has 0 amide bonds. The predicted octanol–water partition coefficient (Wildman–Crippen LogP) is 4.00. The topological polar surface area (TPSA) is 64.3 Å². The Morgan fingerprint density at radius 2 is 2.00 bits per heavy atom.